The predicted octanol–water partition coefficient (Wildman–Crippen LogP) is 3.57. The number of carboxylic acids is 2. The molecule has 0 aliphatic heterocycles. The number of carbonyl (C=O) groups is 2. The molecule has 1 rings (SSSR count). The molecule has 0 aliphatic rings. The van der Waals surface area contributed by atoms with Crippen LogP contribution in [-0.2, 0) is 30.5 Å². The molecule has 0 aliphatic carbocycles. The summed E-state index contributed by atoms with van der Waals surface area (Å²) < 4.78 is 23.2. The molecule has 0 atom stereocenters. The summed E-state index contributed by atoms with van der Waals surface area (Å²) in [6, 6.07) is 2.73. The number of hydrogen-bond acceptors (Lipinski definition) is 6. The third kappa shape index (κ3) is 4.88. The summed E-state index contributed by atoms with van der Waals surface area (Å²) in [5, 5.41) is 19.4. The van der Waals surface area contributed by atoms with Gasteiger partial charge in [0.15, 0.2) is 11.6 Å². The van der Waals surface area contributed by atoms with Gasteiger partial charge in [-0.2, -0.15) is 0 Å². The first-order chi connectivity index (χ1) is 13.1. The fourth-order valence-corrected chi connectivity index (χ4v) is 3.34. The van der Waals surface area contributed by atoms with Crippen molar-refractivity contribution in [3.63, 3.8) is 0 Å². The van der Waals surface area contributed by atoms with Gasteiger partial charge in [-0.05, 0) is 47.6 Å². The minimum atomic E-state index is -1.52. The molecule has 8 heteroatoms. The Morgan fingerprint density at radius 1 is 0.786 bits per heavy atom. The lowest BCUT2D eigenvalue weighted by molar-refractivity contribution is -0.247. The second-order valence-corrected chi connectivity index (χ2v) is 6.14. The first kappa shape index (κ1) is 24.0. The van der Waals surface area contributed by atoms with E-state index in [4.69, 9.17) is 18.9 Å². The maximum Gasteiger partial charge on any atom is 0.337 e. The molecule has 0 fully saturated rings. The van der Waals surface area contributed by atoms with Gasteiger partial charge in [-0.25, -0.2) is 9.59 Å². The molecular formula is C20H30O8. The highest BCUT2D eigenvalue weighted by Crippen LogP contribution is 2.41. The van der Waals surface area contributed by atoms with Crippen LogP contribution < -0.4 is 0 Å². The van der Waals surface area contributed by atoms with Gasteiger partial charge in [-0.3, -0.25) is 0 Å². The van der Waals surface area contributed by atoms with Crippen LogP contribution in [0.2, 0.25) is 0 Å². The molecule has 0 aromatic heterocycles. The molecule has 0 bridgehead atoms. The normalized spacial score (nSPS) is 12.2. The summed E-state index contributed by atoms with van der Waals surface area (Å²) in [5.41, 5.74) is -0.386. The summed E-state index contributed by atoms with van der Waals surface area (Å²) >= 11 is 0. The van der Waals surface area contributed by atoms with Crippen LogP contribution in [0.3, 0.4) is 0 Å². The van der Waals surface area contributed by atoms with Gasteiger partial charge < -0.3 is 29.2 Å². The van der Waals surface area contributed by atoms with Crippen molar-refractivity contribution in [2.75, 3.05) is 26.4 Å². The summed E-state index contributed by atoms with van der Waals surface area (Å²) in [6.07, 6.45) is 0. The van der Waals surface area contributed by atoms with Gasteiger partial charge in [0.05, 0.1) is 11.1 Å². The standard InChI is InChI=1S/C20H30O8/c1-7-25-19(5,26-8-2)14-12-11-13(17(21)22)15(18(23)24)16(14)20(6,27-9-3)28-10-4/h11-12H,7-10H2,1-6H3,(H,21,22)(H,23,24). The molecule has 0 unspecified atom stereocenters. The van der Waals surface area contributed by atoms with Gasteiger partial charge in [0.1, 0.15) is 0 Å². The maximum atomic E-state index is 12.1. The minimum Gasteiger partial charge on any atom is -0.478 e. The maximum absolute atomic E-state index is 12.1. The monoisotopic (exact) mass is 398 g/mol. The van der Waals surface area contributed by atoms with E-state index in [1.165, 1.54) is 12.1 Å². The van der Waals surface area contributed by atoms with Crippen molar-refractivity contribution in [2.45, 2.75) is 53.1 Å². The third-order valence-electron chi connectivity index (χ3n) is 4.27. The molecule has 0 amide bonds. The van der Waals surface area contributed by atoms with E-state index in [1.807, 2.05) is 0 Å². The van der Waals surface area contributed by atoms with E-state index in [-0.39, 0.29) is 24.3 Å². The van der Waals surface area contributed by atoms with Crippen molar-refractivity contribution in [1.82, 2.24) is 0 Å². The van der Waals surface area contributed by atoms with E-state index in [0.717, 1.165) is 0 Å². The highest BCUT2D eigenvalue weighted by Gasteiger charge is 2.43. The summed E-state index contributed by atoms with van der Waals surface area (Å²) in [4.78, 5) is 23.9. The van der Waals surface area contributed by atoms with Crippen LogP contribution >= 0.6 is 0 Å². The fraction of sp³-hybridized carbons (Fsp3) is 0.600. The highest BCUT2D eigenvalue weighted by atomic mass is 16.7. The van der Waals surface area contributed by atoms with Crippen molar-refractivity contribution in [3.8, 4) is 0 Å². The lowest BCUT2D eigenvalue weighted by Gasteiger charge is -2.38. The van der Waals surface area contributed by atoms with Crippen molar-refractivity contribution < 1.29 is 38.7 Å². The van der Waals surface area contributed by atoms with E-state index in [1.54, 1.807) is 41.5 Å². The summed E-state index contributed by atoms with van der Waals surface area (Å²) in [6.45, 7) is 11.3. The Bertz CT molecular complexity index is 686. The molecule has 1 aromatic rings. The molecule has 1 aromatic carbocycles. The molecule has 0 radical (unpaired) electrons. The van der Waals surface area contributed by atoms with Crippen LogP contribution in [-0.4, -0.2) is 48.6 Å². The highest BCUT2D eigenvalue weighted by molar-refractivity contribution is 6.03. The van der Waals surface area contributed by atoms with Gasteiger partial charge in [0.25, 0.3) is 0 Å². The molecule has 28 heavy (non-hydrogen) atoms. The number of rotatable bonds is 12. The summed E-state index contributed by atoms with van der Waals surface area (Å²) in [7, 11) is 0. The number of ether oxygens (including phenoxy) is 4. The zero-order valence-corrected chi connectivity index (χ0v) is 17.3. The van der Waals surface area contributed by atoms with E-state index < -0.39 is 29.1 Å². The molecule has 0 saturated heterocycles. The number of hydrogen-bond donors (Lipinski definition) is 2. The van der Waals surface area contributed by atoms with Crippen molar-refractivity contribution >= 4 is 11.9 Å². The molecule has 8 nitrogen and oxygen atoms in total. The Balaban J connectivity index is 4.04. The summed E-state index contributed by atoms with van der Waals surface area (Å²) in [5.74, 6) is -5.62. The lowest BCUT2D eigenvalue weighted by Crippen LogP contribution is -2.39. The van der Waals surface area contributed by atoms with Gasteiger partial charge in [-0.1, -0.05) is 6.07 Å². The fourth-order valence-electron chi connectivity index (χ4n) is 3.34. The Morgan fingerprint density at radius 2 is 1.21 bits per heavy atom. The average molecular weight is 398 g/mol. The van der Waals surface area contributed by atoms with Gasteiger partial charge in [-0.15, -0.1) is 0 Å². The van der Waals surface area contributed by atoms with Crippen molar-refractivity contribution in [2.24, 2.45) is 0 Å². The molecule has 0 heterocycles. The molecular weight excluding hydrogens is 368 g/mol. The minimum absolute atomic E-state index is 0.0630. The average Bonchev–Trinajstić information content (AvgIpc) is 2.61. The van der Waals surface area contributed by atoms with Gasteiger partial charge in [0, 0.05) is 37.6 Å². The third-order valence-corrected chi connectivity index (χ3v) is 4.27. The van der Waals surface area contributed by atoms with Crippen LogP contribution in [0, 0.1) is 0 Å². The quantitative estimate of drug-likeness (QED) is 0.514. The zero-order valence-electron chi connectivity index (χ0n) is 17.3. The van der Waals surface area contributed by atoms with Gasteiger partial charge in [0.2, 0.25) is 0 Å². The number of aromatic carboxylic acids is 2. The second-order valence-electron chi connectivity index (χ2n) is 6.14. The largest absolute Gasteiger partial charge is 0.478 e. The number of benzene rings is 1. The smallest absolute Gasteiger partial charge is 0.337 e. The first-order valence-corrected chi connectivity index (χ1v) is 9.32. The molecule has 0 saturated carbocycles. The van der Waals surface area contributed by atoms with Crippen LogP contribution in [0.5, 0.6) is 0 Å². The Morgan fingerprint density at radius 3 is 1.57 bits per heavy atom. The van der Waals surface area contributed by atoms with Gasteiger partial charge >= 0.3 is 11.9 Å². The van der Waals surface area contributed by atoms with Crippen molar-refractivity contribution in [1.29, 1.82) is 0 Å². The zero-order chi connectivity index (χ0) is 21.5. The van der Waals surface area contributed by atoms with Crippen LogP contribution in [0.15, 0.2) is 12.1 Å². The molecule has 0 spiro atoms. The predicted molar refractivity (Wildman–Crippen MR) is 102 cm³/mol. The van der Waals surface area contributed by atoms with E-state index in [0.29, 0.717) is 18.8 Å². The SMILES string of the molecule is CCOC(C)(OCC)c1ccc(C(=O)O)c(C(=O)O)c1C(C)(OCC)OCC. The Labute approximate surface area is 165 Å². The van der Waals surface area contributed by atoms with E-state index in [9.17, 15) is 19.8 Å². The number of carboxylic acid groups (broad SMARTS) is 2. The Hall–Kier alpha value is -2.00. The van der Waals surface area contributed by atoms with E-state index >= 15 is 0 Å². The lowest BCUT2D eigenvalue weighted by atomic mass is 9.87. The van der Waals surface area contributed by atoms with Crippen molar-refractivity contribution in [3.05, 3.63) is 34.4 Å². The van der Waals surface area contributed by atoms with Crippen LogP contribution in [0.4, 0.5) is 0 Å². The van der Waals surface area contributed by atoms with Crippen LogP contribution in [0.1, 0.15) is 73.4 Å². The molecule has 158 valence electrons. The van der Waals surface area contributed by atoms with E-state index in [2.05, 4.69) is 0 Å². The second kappa shape index (κ2) is 9.97. The molecule has 2 N–H and O–H groups in total. The van der Waals surface area contributed by atoms with Crippen LogP contribution in [0.25, 0.3) is 0 Å². The Kier molecular flexibility index (Phi) is 8.56. The first-order valence-electron chi connectivity index (χ1n) is 9.32. The topological polar surface area (TPSA) is 112 Å².